The van der Waals surface area contributed by atoms with Gasteiger partial charge in [-0.1, -0.05) is 18.2 Å². The first-order chi connectivity index (χ1) is 13.1. The number of hydrogen-bond acceptors (Lipinski definition) is 4. The topological polar surface area (TPSA) is 76.9 Å². The molecule has 0 atom stereocenters. The third kappa shape index (κ3) is 3.29. The number of para-hydroxylation sites is 1. The van der Waals surface area contributed by atoms with E-state index in [1.165, 1.54) is 0 Å². The number of nitrogens with zero attached hydrogens (tertiary/aromatic N) is 3. The van der Waals surface area contributed by atoms with Crippen LogP contribution < -0.4 is 4.72 Å². The standard InChI is InChI=1S/C20H18N4O2S/c1-2-24-14-13-22-20(24)16-8-10-17(11-9-16)23-27(25,26)18-7-3-5-15-6-4-12-21-19(15)18/h3-14,23H,2H2,1H3. The van der Waals surface area contributed by atoms with E-state index < -0.39 is 10.0 Å². The van der Waals surface area contributed by atoms with Crippen molar-refractivity contribution in [1.29, 1.82) is 0 Å². The molecule has 0 spiro atoms. The predicted molar refractivity (Wildman–Crippen MR) is 106 cm³/mol. The number of imidazole rings is 1. The van der Waals surface area contributed by atoms with E-state index in [0.717, 1.165) is 23.3 Å². The Labute approximate surface area is 157 Å². The Hall–Kier alpha value is -3.19. The van der Waals surface area contributed by atoms with Crippen molar-refractivity contribution in [3.63, 3.8) is 0 Å². The summed E-state index contributed by atoms with van der Waals surface area (Å²) in [7, 11) is -3.75. The van der Waals surface area contributed by atoms with Crippen LogP contribution in [0.15, 0.2) is 78.1 Å². The maximum atomic E-state index is 12.9. The van der Waals surface area contributed by atoms with E-state index in [9.17, 15) is 8.42 Å². The van der Waals surface area contributed by atoms with Crippen molar-refractivity contribution in [2.45, 2.75) is 18.4 Å². The summed E-state index contributed by atoms with van der Waals surface area (Å²) in [6, 6.07) is 15.9. The molecular weight excluding hydrogens is 360 g/mol. The maximum absolute atomic E-state index is 12.9. The molecule has 4 aromatic rings. The molecule has 0 fully saturated rings. The summed E-state index contributed by atoms with van der Waals surface area (Å²) in [5.41, 5.74) is 1.87. The van der Waals surface area contributed by atoms with Gasteiger partial charge >= 0.3 is 0 Å². The molecule has 0 aliphatic heterocycles. The Balaban J connectivity index is 1.65. The van der Waals surface area contributed by atoms with Crippen LogP contribution in [0.1, 0.15) is 6.92 Å². The van der Waals surface area contributed by atoms with Crippen molar-refractivity contribution >= 4 is 26.6 Å². The largest absolute Gasteiger partial charge is 0.331 e. The van der Waals surface area contributed by atoms with Gasteiger partial charge in [0.15, 0.2) is 0 Å². The minimum Gasteiger partial charge on any atom is -0.331 e. The predicted octanol–water partition coefficient (Wildman–Crippen LogP) is 3.92. The fourth-order valence-corrected chi connectivity index (χ4v) is 4.25. The summed E-state index contributed by atoms with van der Waals surface area (Å²) >= 11 is 0. The minimum atomic E-state index is -3.75. The molecule has 0 aliphatic rings. The first-order valence-electron chi connectivity index (χ1n) is 8.56. The van der Waals surface area contributed by atoms with Gasteiger partial charge in [0.25, 0.3) is 10.0 Å². The zero-order valence-corrected chi connectivity index (χ0v) is 15.5. The average molecular weight is 378 g/mol. The van der Waals surface area contributed by atoms with Crippen LogP contribution in [-0.4, -0.2) is 23.0 Å². The normalized spacial score (nSPS) is 11.6. The number of nitrogens with one attached hydrogen (secondary N) is 1. The molecule has 0 unspecified atom stereocenters. The van der Waals surface area contributed by atoms with Gasteiger partial charge in [-0.3, -0.25) is 9.71 Å². The minimum absolute atomic E-state index is 0.159. The zero-order chi connectivity index (χ0) is 18.9. The van der Waals surface area contributed by atoms with Crippen LogP contribution in [-0.2, 0) is 16.6 Å². The van der Waals surface area contributed by atoms with Crippen molar-refractivity contribution in [2.24, 2.45) is 0 Å². The van der Waals surface area contributed by atoms with Crippen LogP contribution in [0.3, 0.4) is 0 Å². The lowest BCUT2D eigenvalue weighted by Gasteiger charge is -2.11. The lowest BCUT2D eigenvalue weighted by atomic mass is 10.2. The van der Waals surface area contributed by atoms with Gasteiger partial charge < -0.3 is 4.57 Å². The molecule has 2 heterocycles. The summed E-state index contributed by atoms with van der Waals surface area (Å²) in [5.74, 6) is 0.852. The van der Waals surface area contributed by atoms with Gasteiger partial charge in [0, 0.05) is 41.8 Å². The summed E-state index contributed by atoms with van der Waals surface area (Å²) < 4.78 is 30.4. The van der Waals surface area contributed by atoms with Gasteiger partial charge in [-0.2, -0.15) is 0 Å². The lowest BCUT2D eigenvalue weighted by Crippen LogP contribution is -2.13. The molecule has 4 rings (SSSR count). The van der Waals surface area contributed by atoms with E-state index in [2.05, 4.69) is 14.7 Å². The van der Waals surface area contributed by atoms with Gasteiger partial charge in [0.2, 0.25) is 0 Å². The molecule has 0 aliphatic carbocycles. The van der Waals surface area contributed by atoms with Crippen molar-refractivity contribution < 1.29 is 8.42 Å². The fraction of sp³-hybridized carbons (Fsp3) is 0.100. The second-order valence-electron chi connectivity index (χ2n) is 6.05. The second-order valence-corrected chi connectivity index (χ2v) is 7.70. The van der Waals surface area contributed by atoms with E-state index in [1.54, 1.807) is 42.7 Å². The average Bonchev–Trinajstić information content (AvgIpc) is 3.16. The molecule has 136 valence electrons. The highest BCUT2D eigenvalue weighted by atomic mass is 32.2. The number of aromatic nitrogens is 3. The number of rotatable bonds is 5. The van der Waals surface area contributed by atoms with Crippen LogP contribution in [0.4, 0.5) is 5.69 Å². The Morgan fingerprint density at radius 3 is 2.52 bits per heavy atom. The highest BCUT2D eigenvalue weighted by molar-refractivity contribution is 7.93. The quantitative estimate of drug-likeness (QED) is 0.571. The number of hydrogen-bond donors (Lipinski definition) is 1. The number of anilines is 1. The Morgan fingerprint density at radius 1 is 0.963 bits per heavy atom. The van der Waals surface area contributed by atoms with E-state index in [0.29, 0.717) is 11.2 Å². The highest BCUT2D eigenvalue weighted by Crippen LogP contribution is 2.25. The summed E-state index contributed by atoms with van der Waals surface area (Å²) in [6.45, 7) is 2.86. The van der Waals surface area contributed by atoms with Crippen molar-refractivity contribution in [3.05, 3.63) is 73.2 Å². The van der Waals surface area contributed by atoms with Gasteiger partial charge in [0.1, 0.15) is 10.7 Å². The number of aryl methyl sites for hydroxylation is 1. The lowest BCUT2D eigenvalue weighted by molar-refractivity contribution is 0.602. The Morgan fingerprint density at radius 2 is 1.74 bits per heavy atom. The van der Waals surface area contributed by atoms with Crippen LogP contribution in [0.5, 0.6) is 0 Å². The number of fused-ring (bicyclic) bond motifs is 1. The molecule has 0 saturated carbocycles. The number of pyridine rings is 1. The van der Waals surface area contributed by atoms with Crippen molar-refractivity contribution in [2.75, 3.05) is 4.72 Å². The molecule has 6 nitrogen and oxygen atoms in total. The molecule has 2 aromatic carbocycles. The zero-order valence-electron chi connectivity index (χ0n) is 14.7. The van der Waals surface area contributed by atoms with Crippen LogP contribution >= 0.6 is 0 Å². The van der Waals surface area contributed by atoms with E-state index >= 15 is 0 Å². The van der Waals surface area contributed by atoms with E-state index in [1.807, 2.05) is 42.0 Å². The smallest absolute Gasteiger partial charge is 0.264 e. The molecule has 27 heavy (non-hydrogen) atoms. The molecule has 1 N–H and O–H groups in total. The second kappa shape index (κ2) is 6.85. The maximum Gasteiger partial charge on any atom is 0.264 e. The number of benzene rings is 2. The first-order valence-corrected chi connectivity index (χ1v) is 10.0. The molecular formula is C20H18N4O2S. The summed E-state index contributed by atoms with van der Waals surface area (Å²) in [5, 5.41) is 0.780. The Bertz CT molecular complexity index is 1190. The van der Waals surface area contributed by atoms with Crippen LogP contribution in [0, 0.1) is 0 Å². The fourth-order valence-electron chi connectivity index (χ4n) is 3.02. The van der Waals surface area contributed by atoms with Crippen LogP contribution in [0.25, 0.3) is 22.3 Å². The highest BCUT2D eigenvalue weighted by Gasteiger charge is 2.18. The molecule has 0 radical (unpaired) electrons. The van der Waals surface area contributed by atoms with E-state index in [4.69, 9.17) is 0 Å². The monoisotopic (exact) mass is 378 g/mol. The van der Waals surface area contributed by atoms with Crippen LogP contribution in [0.2, 0.25) is 0 Å². The van der Waals surface area contributed by atoms with Gasteiger partial charge in [0.05, 0.1) is 5.52 Å². The van der Waals surface area contributed by atoms with Crippen molar-refractivity contribution in [1.82, 2.24) is 14.5 Å². The summed E-state index contributed by atoms with van der Waals surface area (Å²) in [4.78, 5) is 8.74. The third-order valence-corrected chi connectivity index (χ3v) is 5.75. The number of sulfonamides is 1. The van der Waals surface area contributed by atoms with Gasteiger partial charge in [-0.05, 0) is 43.3 Å². The molecule has 0 saturated heterocycles. The Kier molecular flexibility index (Phi) is 4.37. The molecule has 0 amide bonds. The first kappa shape index (κ1) is 17.2. The van der Waals surface area contributed by atoms with Gasteiger partial charge in [-0.15, -0.1) is 0 Å². The molecule has 7 heteroatoms. The molecule has 2 aromatic heterocycles. The summed E-state index contributed by atoms with van der Waals surface area (Å²) in [6.07, 6.45) is 5.26. The van der Waals surface area contributed by atoms with Gasteiger partial charge in [-0.25, -0.2) is 13.4 Å². The molecule has 0 bridgehead atoms. The third-order valence-electron chi connectivity index (χ3n) is 4.34. The SMILES string of the molecule is CCn1ccnc1-c1ccc(NS(=O)(=O)c2cccc3cccnc23)cc1. The van der Waals surface area contributed by atoms with Crippen molar-refractivity contribution in [3.8, 4) is 11.4 Å². The van der Waals surface area contributed by atoms with E-state index in [-0.39, 0.29) is 4.90 Å².